The summed E-state index contributed by atoms with van der Waals surface area (Å²) >= 11 is 0. The highest BCUT2D eigenvalue weighted by Crippen LogP contribution is 2.28. The number of rotatable bonds is 5. The summed E-state index contributed by atoms with van der Waals surface area (Å²) in [5.74, 6) is 1.14. The highest BCUT2D eigenvalue weighted by molar-refractivity contribution is 6.00. The number of piperidine rings is 1. The van der Waals surface area contributed by atoms with E-state index in [9.17, 15) is 4.79 Å². The van der Waals surface area contributed by atoms with Gasteiger partial charge in [0.1, 0.15) is 11.5 Å². The van der Waals surface area contributed by atoms with Crippen LogP contribution >= 0.6 is 0 Å². The van der Waals surface area contributed by atoms with Crippen molar-refractivity contribution in [2.24, 2.45) is 0 Å². The Hall–Kier alpha value is -3.40. The van der Waals surface area contributed by atoms with Crippen molar-refractivity contribution in [3.8, 4) is 0 Å². The van der Waals surface area contributed by atoms with Crippen molar-refractivity contribution >= 4 is 34.4 Å². The van der Waals surface area contributed by atoms with Crippen LogP contribution in [-0.4, -0.2) is 95.7 Å². The highest BCUT2D eigenvalue weighted by Gasteiger charge is 2.27. The first-order chi connectivity index (χ1) is 16.9. The number of aryl methyl sites for hydroxylation is 1. The predicted molar refractivity (Wildman–Crippen MR) is 139 cm³/mol. The van der Waals surface area contributed by atoms with Crippen molar-refractivity contribution in [2.45, 2.75) is 26.2 Å². The number of likely N-dealkylation sites (N-methyl/N-ethyl adjacent to an activating group) is 1. The normalized spacial score (nSPS) is 17.1. The topological polar surface area (TPSA) is 85.7 Å². The van der Waals surface area contributed by atoms with Gasteiger partial charge >= 0.3 is 0 Å². The molecule has 10 heteroatoms. The Morgan fingerprint density at radius 3 is 2.37 bits per heavy atom. The molecule has 0 radical (unpaired) electrons. The molecule has 2 aliphatic heterocycles. The number of aromatic nitrogens is 4. The van der Waals surface area contributed by atoms with Crippen LogP contribution in [0.4, 0.5) is 17.5 Å². The molecule has 0 bridgehead atoms. The molecule has 2 fully saturated rings. The molecule has 2 saturated heterocycles. The second-order valence-electron chi connectivity index (χ2n) is 9.75. The van der Waals surface area contributed by atoms with E-state index in [1.54, 1.807) is 19.0 Å². The lowest BCUT2D eigenvalue weighted by molar-refractivity contribution is 0.0816. The van der Waals surface area contributed by atoms with Gasteiger partial charge in [0, 0.05) is 64.9 Å². The van der Waals surface area contributed by atoms with Gasteiger partial charge in [-0.05, 0) is 50.9 Å². The monoisotopic (exact) mass is 477 g/mol. The number of nitrogens with one attached hydrogen (secondary N) is 1. The Balaban J connectivity index is 1.45. The Labute approximate surface area is 206 Å². The molecule has 1 N–H and O–H groups in total. The van der Waals surface area contributed by atoms with Crippen molar-refractivity contribution in [1.29, 1.82) is 0 Å². The molecule has 5 rings (SSSR count). The molecule has 0 aliphatic carbocycles. The maximum absolute atomic E-state index is 13.2. The lowest BCUT2D eigenvalue weighted by Crippen LogP contribution is -2.44. The number of anilines is 3. The van der Waals surface area contributed by atoms with Gasteiger partial charge in [0.15, 0.2) is 5.65 Å². The first-order valence-corrected chi connectivity index (χ1v) is 12.4. The number of carbonyl (C=O) groups is 1. The number of amides is 1. The molecule has 2 aliphatic rings. The molecule has 186 valence electrons. The first kappa shape index (κ1) is 23.3. The lowest BCUT2D eigenvalue weighted by atomic mass is 10.2. The molecule has 0 saturated carbocycles. The van der Waals surface area contributed by atoms with Gasteiger partial charge in [0.05, 0.1) is 11.9 Å². The number of hydrogen-bond donors (Lipinski definition) is 1. The third kappa shape index (κ3) is 4.62. The summed E-state index contributed by atoms with van der Waals surface area (Å²) in [6, 6.07) is 4.06. The lowest BCUT2D eigenvalue weighted by Gasteiger charge is -2.33. The molecule has 35 heavy (non-hydrogen) atoms. The fourth-order valence-electron chi connectivity index (χ4n) is 4.89. The van der Waals surface area contributed by atoms with E-state index in [2.05, 4.69) is 43.2 Å². The predicted octanol–water partition coefficient (Wildman–Crippen LogP) is 2.45. The quantitative estimate of drug-likeness (QED) is 0.600. The van der Waals surface area contributed by atoms with Crippen molar-refractivity contribution in [1.82, 2.24) is 29.4 Å². The average molecular weight is 478 g/mol. The van der Waals surface area contributed by atoms with E-state index in [0.29, 0.717) is 17.5 Å². The Bertz CT molecular complexity index is 1190. The Kier molecular flexibility index (Phi) is 6.46. The number of pyridine rings is 1. The summed E-state index contributed by atoms with van der Waals surface area (Å²) in [5, 5.41) is 6.40. The van der Waals surface area contributed by atoms with Crippen LogP contribution in [0.25, 0.3) is 11.0 Å². The maximum atomic E-state index is 13.2. The van der Waals surface area contributed by atoms with Gasteiger partial charge in [0.2, 0.25) is 5.95 Å². The van der Waals surface area contributed by atoms with E-state index in [0.717, 1.165) is 74.4 Å². The van der Waals surface area contributed by atoms with Gasteiger partial charge in [-0.25, -0.2) is 14.6 Å². The zero-order valence-corrected chi connectivity index (χ0v) is 21.2. The molecule has 0 aromatic carbocycles. The van der Waals surface area contributed by atoms with E-state index >= 15 is 0 Å². The van der Waals surface area contributed by atoms with Crippen LogP contribution in [0.2, 0.25) is 0 Å². The van der Waals surface area contributed by atoms with E-state index in [4.69, 9.17) is 4.98 Å². The zero-order valence-electron chi connectivity index (χ0n) is 21.2. The summed E-state index contributed by atoms with van der Waals surface area (Å²) in [6.07, 6.45) is 7.14. The number of hydrogen-bond acceptors (Lipinski definition) is 8. The van der Waals surface area contributed by atoms with Crippen LogP contribution in [0.15, 0.2) is 24.5 Å². The maximum Gasteiger partial charge on any atom is 0.272 e. The van der Waals surface area contributed by atoms with Crippen LogP contribution in [0.5, 0.6) is 0 Å². The van der Waals surface area contributed by atoms with Gasteiger partial charge in [-0.2, -0.15) is 4.98 Å². The Morgan fingerprint density at radius 2 is 1.71 bits per heavy atom. The highest BCUT2D eigenvalue weighted by atomic mass is 16.2. The zero-order chi connectivity index (χ0) is 24.5. The summed E-state index contributed by atoms with van der Waals surface area (Å²) < 4.78 is 2.02. The molecule has 0 atom stereocenters. The summed E-state index contributed by atoms with van der Waals surface area (Å²) in [7, 11) is 5.73. The van der Waals surface area contributed by atoms with Gasteiger partial charge in [-0.1, -0.05) is 0 Å². The van der Waals surface area contributed by atoms with Crippen LogP contribution in [0.3, 0.4) is 0 Å². The average Bonchev–Trinajstić information content (AvgIpc) is 3.16. The van der Waals surface area contributed by atoms with Crippen LogP contribution < -0.4 is 15.2 Å². The minimum Gasteiger partial charge on any atom is -0.368 e. The second kappa shape index (κ2) is 9.69. The van der Waals surface area contributed by atoms with Crippen LogP contribution in [0.1, 0.15) is 35.3 Å². The van der Waals surface area contributed by atoms with Crippen LogP contribution in [0, 0.1) is 6.92 Å². The molecule has 10 nitrogen and oxygen atoms in total. The first-order valence-electron chi connectivity index (χ1n) is 12.4. The fourth-order valence-corrected chi connectivity index (χ4v) is 4.89. The number of piperazine rings is 1. The summed E-state index contributed by atoms with van der Waals surface area (Å²) in [6.45, 7) is 7.91. The molecule has 1 amide bonds. The number of carbonyl (C=O) groups excluding carboxylic acids is 1. The van der Waals surface area contributed by atoms with E-state index in [1.165, 1.54) is 6.42 Å². The molecular formula is C25H35N9O. The Morgan fingerprint density at radius 1 is 0.971 bits per heavy atom. The summed E-state index contributed by atoms with van der Waals surface area (Å²) in [4.78, 5) is 33.5. The SMILES string of the molecule is Cc1c(C(=O)N(C)C)n(N2CCCCC2)c2nc(Nc3ccc(N4CCN(C)CC4)cn3)ncc12. The van der Waals surface area contributed by atoms with Gasteiger partial charge < -0.3 is 25.0 Å². The fraction of sp³-hybridized carbons (Fsp3) is 0.520. The third-order valence-electron chi connectivity index (χ3n) is 7.02. The third-order valence-corrected chi connectivity index (χ3v) is 7.02. The van der Waals surface area contributed by atoms with E-state index < -0.39 is 0 Å². The van der Waals surface area contributed by atoms with Crippen molar-refractivity contribution in [2.75, 3.05) is 75.6 Å². The molecule has 5 heterocycles. The molecule has 0 spiro atoms. The number of nitrogens with zero attached hydrogens (tertiary/aromatic N) is 8. The van der Waals surface area contributed by atoms with Gasteiger partial charge in [-0.3, -0.25) is 4.79 Å². The minimum atomic E-state index is -0.0262. The van der Waals surface area contributed by atoms with Gasteiger partial charge in [0.25, 0.3) is 5.91 Å². The van der Waals surface area contributed by atoms with Crippen molar-refractivity contribution in [3.63, 3.8) is 0 Å². The van der Waals surface area contributed by atoms with E-state index in [1.807, 2.05) is 30.1 Å². The van der Waals surface area contributed by atoms with E-state index in [-0.39, 0.29) is 5.91 Å². The number of fused-ring (bicyclic) bond motifs is 1. The smallest absolute Gasteiger partial charge is 0.272 e. The molecule has 3 aromatic heterocycles. The minimum absolute atomic E-state index is 0.0262. The second-order valence-corrected chi connectivity index (χ2v) is 9.75. The van der Waals surface area contributed by atoms with Crippen molar-refractivity contribution in [3.05, 3.63) is 35.8 Å². The van der Waals surface area contributed by atoms with Crippen LogP contribution in [-0.2, 0) is 0 Å². The van der Waals surface area contributed by atoms with Crippen molar-refractivity contribution < 1.29 is 4.79 Å². The van der Waals surface area contributed by atoms with Gasteiger partial charge in [-0.15, -0.1) is 0 Å². The standard InChI is InChI=1S/C25H35N9O/c1-18-20-17-27-25(28-21-9-8-19(16-26-21)32-14-12-31(4)13-15-32)29-23(20)34(22(18)24(35)30(2)3)33-10-6-5-7-11-33/h8-9,16-17H,5-7,10-15H2,1-4H3,(H,26,27,28,29). The molecular weight excluding hydrogens is 442 g/mol. The molecule has 0 unspecified atom stereocenters. The summed E-state index contributed by atoms with van der Waals surface area (Å²) in [5.41, 5.74) is 3.45. The largest absolute Gasteiger partial charge is 0.368 e. The molecule has 3 aromatic rings.